The maximum Gasteiger partial charge on any atom is 0.298 e. The van der Waals surface area contributed by atoms with Gasteiger partial charge in [0.1, 0.15) is 11.3 Å². The van der Waals surface area contributed by atoms with Crippen molar-refractivity contribution in [3.63, 3.8) is 0 Å². The van der Waals surface area contributed by atoms with Crippen LogP contribution < -0.4 is 15.0 Å². The second-order valence-corrected chi connectivity index (χ2v) is 7.52. The molecule has 2 aromatic carbocycles. The third kappa shape index (κ3) is 4.60. The largest absolute Gasteiger partial charge is 0.494 e. The number of imide groups is 1. The first-order chi connectivity index (χ1) is 14.1. The van der Waals surface area contributed by atoms with E-state index >= 15 is 0 Å². The highest BCUT2D eigenvalue weighted by Gasteiger charge is 2.24. The van der Waals surface area contributed by atoms with E-state index in [0.717, 1.165) is 47.1 Å². The van der Waals surface area contributed by atoms with Crippen molar-refractivity contribution in [1.82, 2.24) is 10.3 Å². The summed E-state index contributed by atoms with van der Waals surface area (Å²) >= 11 is 0.904. The van der Waals surface area contributed by atoms with Gasteiger partial charge in [0.05, 0.1) is 11.5 Å². The molecule has 0 spiro atoms. The van der Waals surface area contributed by atoms with E-state index in [0.29, 0.717) is 17.5 Å². The minimum Gasteiger partial charge on any atom is -0.494 e. The van der Waals surface area contributed by atoms with E-state index in [9.17, 15) is 9.59 Å². The summed E-state index contributed by atoms with van der Waals surface area (Å²) in [4.78, 5) is 29.6. The van der Waals surface area contributed by atoms with Crippen LogP contribution in [0.3, 0.4) is 0 Å². The van der Waals surface area contributed by atoms with Crippen molar-refractivity contribution in [3.8, 4) is 5.75 Å². The SMILES string of the molecule is CN(CCCOc1ccc(/C=C2/SC(=O)NC2=O)cc1)c1nc2ccccc2o1. The van der Waals surface area contributed by atoms with E-state index in [-0.39, 0.29) is 11.1 Å². The van der Waals surface area contributed by atoms with Gasteiger partial charge in [0.2, 0.25) is 0 Å². The van der Waals surface area contributed by atoms with E-state index in [1.807, 2.05) is 60.5 Å². The Balaban J connectivity index is 1.26. The highest BCUT2D eigenvalue weighted by molar-refractivity contribution is 8.18. The fourth-order valence-electron chi connectivity index (χ4n) is 2.84. The summed E-state index contributed by atoms with van der Waals surface area (Å²) in [6, 6.07) is 15.7. The Morgan fingerprint density at radius 1 is 1.17 bits per heavy atom. The van der Waals surface area contributed by atoms with Crippen molar-refractivity contribution in [3.05, 3.63) is 59.0 Å². The number of carbonyl (C=O) groups excluding carboxylic acids is 2. The minimum atomic E-state index is -0.358. The first kappa shape index (κ1) is 19.1. The van der Waals surface area contributed by atoms with Crippen LogP contribution in [0.4, 0.5) is 10.8 Å². The van der Waals surface area contributed by atoms with Crippen LogP contribution in [0, 0.1) is 0 Å². The molecule has 8 heteroatoms. The molecule has 1 saturated heterocycles. The Labute approximate surface area is 171 Å². The molecule has 7 nitrogen and oxygen atoms in total. The number of nitrogens with zero attached hydrogens (tertiary/aromatic N) is 2. The summed E-state index contributed by atoms with van der Waals surface area (Å²) in [6.07, 6.45) is 2.49. The number of thioether (sulfide) groups is 1. The summed E-state index contributed by atoms with van der Waals surface area (Å²) in [6.45, 7) is 1.30. The van der Waals surface area contributed by atoms with E-state index in [1.165, 1.54) is 0 Å². The molecule has 1 aliphatic heterocycles. The van der Waals surface area contributed by atoms with Gasteiger partial charge in [-0.3, -0.25) is 14.9 Å². The number of amides is 2. The smallest absolute Gasteiger partial charge is 0.298 e. The molecule has 1 aliphatic rings. The molecule has 29 heavy (non-hydrogen) atoms. The van der Waals surface area contributed by atoms with Crippen LogP contribution in [0.5, 0.6) is 5.75 Å². The van der Waals surface area contributed by atoms with Gasteiger partial charge in [-0.15, -0.1) is 0 Å². The average Bonchev–Trinajstić information content (AvgIpc) is 3.29. The standard InChI is InChI=1S/C21H19N3O4S/c1-24(20-22-16-5-2-3-6-17(16)28-20)11-4-12-27-15-9-7-14(8-10-15)13-18-19(25)23-21(26)29-18/h2-3,5-10,13H,4,11-12H2,1H3,(H,23,25,26)/b18-13+. The number of para-hydroxylation sites is 2. The number of hydrogen-bond donors (Lipinski definition) is 1. The second kappa shape index (κ2) is 8.40. The third-order valence-electron chi connectivity index (χ3n) is 4.34. The number of ether oxygens (including phenoxy) is 1. The highest BCUT2D eigenvalue weighted by Crippen LogP contribution is 2.26. The number of nitrogens with one attached hydrogen (secondary N) is 1. The Kier molecular flexibility index (Phi) is 5.53. The maximum absolute atomic E-state index is 11.6. The van der Waals surface area contributed by atoms with Gasteiger partial charge in [0.25, 0.3) is 17.2 Å². The lowest BCUT2D eigenvalue weighted by Gasteiger charge is -2.14. The molecule has 2 heterocycles. The van der Waals surface area contributed by atoms with Gasteiger partial charge in [-0.25, -0.2) is 0 Å². The van der Waals surface area contributed by atoms with Crippen molar-refractivity contribution in [2.75, 3.05) is 25.1 Å². The van der Waals surface area contributed by atoms with Gasteiger partial charge in [0.15, 0.2) is 5.58 Å². The van der Waals surface area contributed by atoms with Crippen LogP contribution in [-0.4, -0.2) is 36.3 Å². The normalized spacial score (nSPS) is 15.1. The fraction of sp³-hybridized carbons (Fsp3) is 0.190. The molecule has 4 rings (SSSR count). The molecule has 0 aliphatic carbocycles. The van der Waals surface area contributed by atoms with Crippen LogP contribution in [0.1, 0.15) is 12.0 Å². The zero-order valence-electron chi connectivity index (χ0n) is 15.8. The number of hydrogen-bond acceptors (Lipinski definition) is 7. The number of aromatic nitrogens is 1. The Bertz CT molecular complexity index is 1040. The molecule has 3 aromatic rings. The molecular weight excluding hydrogens is 390 g/mol. The average molecular weight is 409 g/mol. The van der Waals surface area contributed by atoms with Crippen molar-refractivity contribution in [2.45, 2.75) is 6.42 Å². The monoisotopic (exact) mass is 409 g/mol. The lowest BCUT2D eigenvalue weighted by atomic mass is 10.2. The molecular formula is C21H19N3O4S. The van der Waals surface area contributed by atoms with E-state index in [4.69, 9.17) is 9.15 Å². The Hall–Kier alpha value is -3.26. The van der Waals surface area contributed by atoms with Gasteiger partial charge < -0.3 is 14.1 Å². The Morgan fingerprint density at radius 2 is 1.97 bits per heavy atom. The van der Waals surface area contributed by atoms with E-state index in [1.54, 1.807) is 6.08 Å². The predicted octanol–water partition coefficient (Wildman–Crippen LogP) is 4.06. The molecule has 0 bridgehead atoms. The number of oxazole rings is 1. The summed E-state index contributed by atoms with van der Waals surface area (Å²) in [7, 11) is 1.94. The highest BCUT2D eigenvalue weighted by atomic mass is 32.2. The fourth-order valence-corrected chi connectivity index (χ4v) is 3.53. The van der Waals surface area contributed by atoms with E-state index in [2.05, 4.69) is 10.3 Å². The number of rotatable bonds is 7. The molecule has 0 saturated carbocycles. The van der Waals surface area contributed by atoms with Crippen molar-refractivity contribution < 1.29 is 18.7 Å². The topological polar surface area (TPSA) is 84.7 Å². The second-order valence-electron chi connectivity index (χ2n) is 6.51. The molecule has 0 radical (unpaired) electrons. The van der Waals surface area contributed by atoms with Crippen LogP contribution >= 0.6 is 11.8 Å². The zero-order valence-corrected chi connectivity index (χ0v) is 16.6. The number of carbonyl (C=O) groups is 2. The van der Waals surface area contributed by atoms with Crippen molar-refractivity contribution in [1.29, 1.82) is 0 Å². The summed E-state index contributed by atoms with van der Waals surface area (Å²) < 4.78 is 11.5. The first-order valence-electron chi connectivity index (χ1n) is 9.13. The summed E-state index contributed by atoms with van der Waals surface area (Å²) in [5.41, 5.74) is 2.46. The molecule has 1 N–H and O–H groups in total. The maximum atomic E-state index is 11.6. The number of fused-ring (bicyclic) bond motifs is 1. The molecule has 0 atom stereocenters. The van der Waals surface area contributed by atoms with Crippen LogP contribution in [0.25, 0.3) is 17.2 Å². The summed E-state index contributed by atoms with van der Waals surface area (Å²) in [5.74, 6) is 0.389. The number of benzene rings is 2. The lowest BCUT2D eigenvalue weighted by molar-refractivity contribution is -0.115. The van der Waals surface area contributed by atoms with Crippen molar-refractivity contribution in [2.24, 2.45) is 0 Å². The molecule has 1 aromatic heterocycles. The molecule has 0 unspecified atom stereocenters. The van der Waals surface area contributed by atoms with Gasteiger partial charge in [-0.2, -0.15) is 4.98 Å². The van der Waals surface area contributed by atoms with Crippen molar-refractivity contribution >= 4 is 46.1 Å². The third-order valence-corrected chi connectivity index (χ3v) is 5.15. The molecule has 148 valence electrons. The van der Waals surface area contributed by atoms with Gasteiger partial charge in [-0.05, 0) is 54.1 Å². The van der Waals surface area contributed by atoms with Crippen LogP contribution in [0.2, 0.25) is 0 Å². The lowest BCUT2D eigenvalue weighted by Crippen LogP contribution is -2.20. The number of anilines is 1. The Morgan fingerprint density at radius 3 is 2.69 bits per heavy atom. The quantitative estimate of drug-likeness (QED) is 0.465. The van der Waals surface area contributed by atoms with Gasteiger partial charge in [0, 0.05) is 13.6 Å². The van der Waals surface area contributed by atoms with Gasteiger partial charge in [-0.1, -0.05) is 24.3 Å². The first-order valence-corrected chi connectivity index (χ1v) is 9.94. The minimum absolute atomic E-state index is 0.344. The van der Waals surface area contributed by atoms with E-state index < -0.39 is 0 Å². The molecule has 1 fully saturated rings. The van der Waals surface area contributed by atoms with Crippen LogP contribution in [0.15, 0.2) is 57.9 Å². The van der Waals surface area contributed by atoms with Crippen LogP contribution in [-0.2, 0) is 4.79 Å². The summed E-state index contributed by atoms with van der Waals surface area (Å²) in [5, 5.41) is 1.89. The zero-order chi connectivity index (χ0) is 20.2. The van der Waals surface area contributed by atoms with Gasteiger partial charge >= 0.3 is 0 Å². The predicted molar refractivity (Wildman–Crippen MR) is 113 cm³/mol. The molecule has 2 amide bonds.